The molecule has 0 aliphatic carbocycles. The molecule has 0 spiro atoms. The summed E-state index contributed by atoms with van der Waals surface area (Å²) in [5.74, 6) is 0. The quantitative estimate of drug-likeness (QED) is 0.131. The molecule has 0 saturated heterocycles. The minimum Gasteiger partial charge on any atom is -0.405 e. The summed E-state index contributed by atoms with van der Waals surface area (Å²) < 4.78 is 2.41. The van der Waals surface area contributed by atoms with E-state index < -0.39 is 0 Å². The first-order chi connectivity index (χ1) is 23.1. The molecule has 0 aliphatic rings. The Morgan fingerprint density at radius 3 is 2.11 bits per heavy atom. The highest BCUT2D eigenvalue weighted by Crippen LogP contribution is 2.39. The molecule has 47 heavy (non-hydrogen) atoms. The molecule has 6 aromatic carbocycles. The summed E-state index contributed by atoms with van der Waals surface area (Å²) in [6.45, 7) is 5.88. The Balaban J connectivity index is 1.39. The van der Waals surface area contributed by atoms with Crippen molar-refractivity contribution in [2.45, 2.75) is 6.92 Å². The minimum absolute atomic E-state index is 0.837. The average molecular weight is 606 g/mol. The molecule has 0 amide bonds. The normalized spacial score (nSPS) is 12.4. The first-order valence-corrected chi connectivity index (χ1v) is 15.8. The van der Waals surface area contributed by atoms with Crippen LogP contribution in [0.5, 0.6) is 0 Å². The molecule has 0 radical (unpaired) electrons. The lowest BCUT2D eigenvalue weighted by molar-refractivity contribution is 1.19. The van der Waals surface area contributed by atoms with Crippen LogP contribution in [0.15, 0.2) is 164 Å². The van der Waals surface area contributed by atoms with Crippen molar-refractivity contribution in [2.24, 2.45) is 5.73 Å². The SMILES string of the molecule is C=C/C=C(\C=N)c1ccc(-c2ccc3c(ccc4c5ccc(-c6cccc(/C(C)=C/C=C\N)c6)cc5n(-c5ccccc5)c34)c2)cc1. The third-order valence-electron chi connectivity index (χ3n) is 8.87. The van der Waals surface area contributed by atoms with Crippen LogP contribution in [0.4, 0.5) is 0 Å². The van der Waals surface area contributed by atoms with Crippen molar-refractivity contribution >= 4 is 49.9 Å². The lowest BCUT2D eigenvalue weighted by Crippen LogP contribution is -1.94. The topological polar surface area (TPSA) is 54.8 Å². The van der Waals surface area contributed by atoms with E-state index >= 15 is 0 Å². The highest BCUT2D eigenvalue weighted by atomic mass is 15.0. The fourth-order valence-corrected chi connectivity index (χ4v) is 6.49. The Labute approximate surface area is 275 Å². The molecule has 3 heteroatoms. The Hall–Kier alpha value is -6.19. The first-order valence-electron chi connectivity index (χ1n) is 15.8. The second-order valence-electron chi connectivity index (χ2n) is 11.7. The molecule has 3 nitrogen and oxygen atoms in total. The van der Waals surface area contributed by atoms with E-state index in [2.05, 4.69) is 145 Å². The Morgan fingerprint density at radius 1 is 0.660 bits per heavy atom. The largest absolute Gasteiger partial charge is 0.405 e. The van der Waals surface area contributed by atoms with Gasteiger partial charge in [0.25, 0.3) is 0 Å². The zero-order valence-electron chi connectivity index (χ0n) is 26.3. The number of para-hydroxylation sites is 1. The number of nitrogens with zero attached hydrogens (tertiary/aromatic N) is 1. The van der Waals surface area contributed by atoms with Gasteiger partial charge in [-0.15, -0.1) is 0 Å². The van der Waals surface area contributed by atoms with E-state index in [1.165, 1.54) is 55.5 Å². The Bertz CT molecular complexity index is 2380. The van der Waals surface area contributed by atoms with Crippen LogP contribution in [-0.2, 0) is 0 Å². The number of aromatic nitrogens is 1. The molecule has 0 saturated carbocycles. The Kier molecular flexibility index (Phi) is 7.95. The van der Waals surface area contributed by atoms with Gasteiger partial charge in [0.1, 0.15) is 0 Å². The van der Waals surface area contributed by atoms with E-state index in [1.807, 2.05) is 18.2 Å². The number of fused-ring (bicyclic) bond motifs is 5. The highest BCUT2D eigenvalue weighted by Gasteiger charge is 2.16. The van der Waals surface area contributed by atoms with Gasteiger partial charge < -0.3 is 15.7 Å². The molecule has 1 aromatic heterocycles. The van der Waals surface area contributed by atoms with Crippen molar-refractivity contribution in [1.29, 1.82) is 5.41 Å². The third kappa shape index (κ3) is 5.49. The maximum atomic E-state index is 7.74. The summed E-state index contributed by atoms with van der Waals surface area (Å²) in [5.41, 5.74) is 17.9. The van der Waals surface area contributed by atoms with E-state index in [1.54, 1.807) is 12.3 Å². The maximum Gasteiger partial charge on any atom is 0.0619 e. The number of allylic oxidation sites excluding steroid dienone is 6. The molecule has 0 fully saturated rings. The van der Waals surface area contributed by atoms with Crippen LogP contribution < -0.4 is 5.73 Å². The first kappa shape index (κ1) is 29.5. The summed E-state index contributed by atoms with van der Waals surface area (Å²) in [6.07, 6.45) is 10.4. The number of nitrogens with two attached hydrogens (primary N) is 1. The Morgan fingerprint density at radius 2 is 1.36 bits per heavy atom. The smallest absolute Gasteiger partial charge is 0.0619 e. The molecule has 1 heterocycles. The zero-order valence-corrected chi connectivity index (χ0v) is 26.3. The standard InChI is InChI=1S/C44H35N3/c1-3-9-38(29-46)32-17-15-31(16-18-32)35-19-22-40-37(27-35)21-24-42-41-23-20-36(34-12-7-11-33(26-34)30(2)10-8-25-45)28-43(41)47(44(40)42)39-13-5-4-6-14-39/h3-29,46H,1,45H2,2H3/b25-8-,30-10+,38-9+,46-29?. The number of nitrogens with one attached hydrogen (secondary N) is 1. The van der Waals surface area contributed by atoms with E-state index in [-0.39, 0.29) is 0 Å². The maximum absolute atomic E-state index is 7.74. The highest BCUT2D eigenvalue weighted by molar-refractivity contribution is 6.19. The molecule has 0 aliphatic heterocycles. The van der Waals surface area contributed by atoms with Crippen LogP contribution in [0.2, 0.25) is 0 Å². The lowest BCUT2D eigenvalue weighted by atomic mass is 9.97. The van der Waals surface area contributed by atoms with Crippen molar-refractivity contribution in [3.05, 3.63) is 176 Å². The van der Waals surface area contributed by atoms with Crippen molar-refractivity contribution in [3.63, 3.8) is 0 Å². The predicted molar refractivity (Wildman–Crippen MR) is 203 cm³/mol. The van der Waals surface area contributed by atoms with Crippen LogP contribution >= 0.6 is 0 Å². The predicted octanol–water partition coefficient (Wildman–Crippen LogP) is 11.4. The number of hydrogen-bond acceptors (Lipinski definition) is 2. The van der Waals surface area contributed by atoms with Crippen LogP contribution in [0.25, 0.3) is 71.7 Å². The van der Waals surface area contributed by atoms with E-state index in [9.17, 15) is 0 Å². The molecule has 0 bridgehead atoms. The van der Waals surface area contributed by atoms with Gasteiger partial charge in [-0.25, -0.2) is 0 Å². The molecule has 7 aromatic rings. The molecular weight excluding hydrogens is 571 g/mol. The van der Waals surface area contributed by atoms with Gasteiger partial charge >= 0.3 is 0 Å². The summed E-state index contributed by atoms with van der Waals surface area (Å²) in [6, 6.07) is 45.8. The van der Waals surface area contributed by atoms with Crippen LogP contribution in [0.1, 0.15) is 18.1 Å². The molecular formula is C44H35N3. The summed E-state index contributed by atoms with van der Waals surface area (Å²) in [7, 11) is 0. The second-order valence-corrected chi connectivity index (χ2v) is 11.7. The van der Waals surface area contributed by atoms with Gasteiger partial charge in [-0.05, 0) is 99.4 Å². The van der Waals surface area contributed by atoms with Gasteiger partial charge in [-0.1, -0.05) is 122 Å². The molecule has 226 valence electrons. The molecule has 7 rings (SSSR count). The zero-order chi connectivity index (χ0) is 32.3. The van der Waals surface area contributed by atoms with Crippen molar-refractivity contribution in [3.8, 4) is 27.9 Å². The van der Waals surface area contributed by atoms with Gasteiger partial charge in [-0.3, -0.25) is 0 Å². The van der Waals surface area contributed by atoms with Gasteiger partial charge in [0.05, 0.1) is 11.0 Å². The number of hydrogen-bond donors (Lipinski definition) is 2. The van der Waals surface area contributed by atoms with Crippen molar-refractivity contribution < 1.29 is 0 Å². The van der Waals surface area contributed by atoms with Crippen LogP contribution in [-0.4, -0.2) is 10.8 Å². The number of benzene rings is 6. The monoisotopic (exact) mass is 605 g/mol. The van der Waals surface area contributed by atoms with Gasteiger partial charge in [0, 0.05) is 28.1 Å². The number of rotatable bonds is 8. The van der Waals surface area contributed by atoms with Gasteiger partial charge in [0.2, 0.25) is 0 Å². The minimum atomic E-state index is 0.837. The van der Waals surface area contributed by atoms with Gasteiger partial charge in [0.15, 0.2) is 0 Å². The average Bonchev–Trinajstić information content (AvgIpc) is 3.47. The fourth-order valence-electron chi connectivity index (χ4n) is 6.49. The molecule has 0 atom stereocenters. The summed E-state index contributed by atoms with van der Waals surface area (Å²) in [5, 5.41) is 12.6. The third-order valence-corrected chi connectivity index (χ3v) is 8.87. The van der Waals surface area contributed by atoms with Gasteiger partial charge in [-0.2, -0.15) is 0 Å². The van der Waals surface area contributed by atoms with E-state index in [0.717, 1.165) is 33.5 Å². The van der Waals surface area contributed by atoms with Crippen molar-refractivity contribution in [1.82, 2.24) is 4.57 Å². The summed E-state index contributed by atoms with van der Waals surface area (Å²) >= 11 is 0. The van der Waals surface area contributed by atoms with Crippen LogP contribution in [0.3, 0.4) is 0 Å². The van der Waals surface area contributed by atoms with E-state index in [4.69, 9.17) is 11.1 Å². The molecule has 0 unspecified atom stereocenters. The van der Waals surface area contributed by atoms with Crippen LogP contribution in [0, 0.1) is 5.41 Å². The molecule has 3 N–H and O–H groups in total. The summed E-state index contributed by atoms with van der Waals surface area (Å²) in [4.78, 5) is 0. The van der Waals surface area contributed by atoms with Crippen molar-refractivity contribution in [2.75, 3.05) is 0 Å². The second kappa shape index (κ2) is 12.7. The van der Waals surface area contributed by atoms with E-state index in [0.29, 0.717) is 0 Å². The lowest BCUT2D eigenvalue weighted by Gasteiger charge is -2.12. The fraction of sp³-hybridized carbons (Fsp3) is 0.0227.